The van der Waals surface area contributed by atoms with Crippen molar-refractivity contribution < 1.29 is 9.59 Å². The van der Waals surface area contributed by atoms with Crippen LogP contribution in [0.2, 0.25) is 0 Å². The van der Waals surface area contributed by atoms with Gasteiger partial charge < -0.3 is 5.32 Å². The van der Waals surface area contributed by atoms with Crippen LogP contribution in [0.5, 0.6) is 0 Å². The van der Waals surface area contributed by atoms with Crippen LogP contribution >= 0.6 is 0 Å². The lowest BCUT2D eigenvalue weighted by Gasteiger charge is -2.05. The maximum atomic E-state index is 11.4. The lowest BCUT2D eigenvalue weighted by atomic mass is 10.0. The maximum Gasteiger partial charge on any atom is 0.219 e. The highest BCUT2D eigenvalue weighted by atomic mass is 16.1. The van der Waals surface area contributed by atoms with E-state index in [1.807, 2.05) is 13.8 Å². The molecule has 3 heteroatoms. The summed E-state index contributed by atoms with van der Waals surface area (Å²) in [4.78, 5) is 22.9. The van der Waals surface area contributed by atoms with Crippen molar-refractivity contribution in [3.8, 4) is 0 Å². The maximum absolute atomic E-state index is 11.4. The zero-order valence-electron chi connectivity index (χ0n) is 13.7. The highest BCUT2D eigenvalue weighted by Gasteiger charge is 2.05. The van der Waals surface area contributed by atoms with Gasteiger partial charge in [-0.15, -0.1) is 0 Å². The molecule has 0 saturated heterocycles. The van der Waals surface area contributed by atoms with Gasteiger partial charge in [0.1, 0.15) is 5.78 Å². The summed E-state index contributed by atoms with van der Waals surface area (Å²) in [6.07, 6.45) is 10.2. The van der Waals surface area contributed by atoms with Crippen LogP contribution in [-0.2, 0) is 9.59 Å². The quantitative estimate of drug-likeness (QED) is 0.514. The monoisotopic (exact) mass is 283 g/mol. The zero-order chi connectivity index (χ0) is 15.2. The van der Waals surface area contributed by atoms with Crippen molar-refractivity contribution in [3.63, 3.8) is 0 Å². The van der Waals surface area contributed by atoms with Crippen molar-refractivity contribution in [1.82, 2.24) is 5.32 Å². The lowest BCUT2D eigenvalue weighted by Crippen LogP contribution is -2.23. The molecule has 0 aliphatic heterocycles. The molecule has 0 atom stereocenters. The van der Waals surface area contributed by atoms with E-state index in [1.54, 1.807) is 0 Å². The summed E-state index contributed by atoms with van der Waals surface area (Å²) in [6.45, 7) is 6.88. The molecule has 0 aromatic heterocycles. The number of carbonyl (C=O) groups excluding carboxylic acids is 2. The molecule has 3 nitrogen and oxygen atoms in total. The molecule has 0 aliphatic rings. The van der Waals surface area contributed by atoms with Gasteiger partial charge in [-0.05, 0) is 19.3 Å². The summed E-state index contributed by atoms with van der Waals surface area (Å²) in [5, 5.41) is 2.94. The lowest BCUT2D eigenvalue weighted by molar-refractivity contribution is -0.122. The number of hydrogen-bond acceptors (Lipinski definition) is 2. The van der Waals surface area contributed by atoms with Crippen LogP contribution in [-0.4, -0.2) is 18.2 Å². The average molecular weight is 283 g/mol. The summed E-state index contributed by atoms with van der Waals surface area (Å²) >= 11 is 0. The van der Waals surface area contributed by atoms with Gasteiger partial charge in [0.05, 0.1) is 0 Å². The normalized spacial score (nSPS) is 10.8. The molecule has 0 aromatic carbocycles. The Morgan fingerprint density at radius 2 is 1.40 bits per heavy atom. The third kappa shape index (κ3) is 12.2. The van der Waals surface area contributed by atoms with Gasteiger partial charge in [0.2, 0.25) is 5.91 Å². The van der Waals surface area contributed by atoms with Gasteiger partial charge in [-0.2, -0.15) is 0 Å². The van der Waals surface area contributed by atoms with E-state index < -0.39 is 0 Å². The highest BCUT2D eigenvalue weighted by Crippen LogP contribution is 2.10. The van der Waals surface area contributed by atoms with Crippen LogP contribution in [0, 0.1) is 5.92 Å². The molecular weight excluding hydrogens is 250 g/mol. The Hall–Kier alpha value is -0.860. The molecule has 0 saturated carbocycles. The fourth-order valence-electron chi connectivity index (χ4n) is 2.07. The molecular formula is C17H33NO2. The molecule has 0 rings (SSSR count). The first-order valence-corrected chi connectivity index (χ1v) is 8.37. The Morgan fingerprint density at radius 1 is 0.850 bits per heavy atom. The summed E-state index contributed by atoms with van der Waals surface area (Å²) in [7, 11) is 0. The van der Waals surface area contributed by atoms with Crippen LogP contribution in [0.4, 0.5) is 0 Å². The average Bonchev–Trinajstić information content (AvgIpc) is 2.41. The van der Waals surface area contributed by atoms with E-state index >= 15 is 0 Å². The second kappa shape index (κ2) is 13.1. The summed E-state index contributed by atoms with van der Waals surface area (Å²) in [5.41, 5.74) is 0. The first-order chi connectivity index (χ1) is 9.57. The predicted octanol–water partition coefficient (Wildman–Crippen LogP) is 4.25. The van der Waals surface area contributed by atoms with E-state index in [4.69, 9.17) is 0 Å². The number of Topliss-reactive ketones (excluding diaryl/α,β-unsaturated/α-hetero) is 1. The van der Waals surface area contributed by atoms with Gasteiger partial charge in [-0.3, -0.25) is 9.59 Å². The number of amides is 1. The largest absolute Gasteiger partial charge is 0.356 e. The number of unbranched alkanes of at least 4 members (excludes halogenated alkanes) is 6. The van der Waals surface area contributed by atoms with E-state index in [0.29, 0.717) is 12.2 Å². The van der Waals surface area contributed by atoms with E-state index in [0.717, 1.165) is 51.5 Å². The van der Waals surface area contributed by atoms with Crippen molar-refractivity contribution >= 4 is 11.7 Å². The Morgan fingerprint density at radius 3 is 1.95 bits per heavy atom. The molecule has 0 fully saturated rings. The molecule has 1 amide bonds. The van der Waals surface area contributed by atoms with Gasteiger partial charge >= 0.3 is 0 Å². The first kappa shape index (κ1) is 19.1. The van der Waals surface area contributed by atoms with Crippen molar-refractivity contribution in [2.45, 2.75) is 85.0 Å². The van der Waals surface area contributed by atoms with Gasteiger partial charge in [0, 0.05) is 25.3 Å². The molecule has 118 valence electrons. The van der Waals surface area contributed by atoms with Crippen molar-refractivity contribution in [1.29, 1.82) is 0 Å². The highest BCUT2D eigenvalue weighted by molar-refractivity contribution is 5.80. The van der Waals surface area contributed by atoms with Gasteiger partial charge in [0.15, 0.2) is 0 Å². The van der Waals surface area contributed by atoms with Crippen LogP contribution in [0.3, 0.4) is 0 Å². The van der Waals surface area contributed by atoms with Crippen LogP contribution in [0.15, 0.2) is 0 Å². The number of rotatable bonds is 13. The molecule has 0 bridgehead atoms. The summed E-state index contributed by atoms with van der Waals surface area (Å²) < 4.78 is 0. The molecule has 0 unspecified atom stereocenters. The SMILES string of the molecule is CCCCNC(=O)CCCCCCCCC(=O)C(C)C. The van der Waals surface area contributed by atoms with E-state index in [-0.39, 0.29) is 11.8 Å². The minimum Gasteiger partial charge on any atom is -0.356 e. The zero-order valence-corrected chi connectivity index (χ0v) is 13.7. The van der Waals surface area contributed by atoms with E-state index in [2.05, 4.69) is 12.2 Å². The number of ketones is 1. The second-order valence-electron chi connectivity index (χ2n) is 5.95. The topological polar surface area (TPSA) is 46.2 Å². The van der Waals surface area contributed by atoms with Gasteiger partial charge in [0.25, 0.3) is 0 Å². The Bertz CT molecular complexity index is 262. The molecule has 0 heterocycles. The van der Waals surface area contributed by atoms with Gasteiger partial charge in [-0.25, -0.2) is 0 Å². The summed E-state index contributed by atoms with van der Waals surface area (Å²) in [6, 6.07) is 0. The standard InChI is InChI=1S/C17H33NO2/c1-4-5-14-18-17(20)13-11-9-7-6-8-10-12-16(19)15(2)3/h15H,4-14H2,1-3H3,(H,18,20). The number of hydrogen-bond donors (Lipinski definition) is 1. The first-order valence-electron chi connectivity index (χ1n) is 8.37. The third-order valence-electron chi connectivity index (χ3n) is 3.57. The summed E-state index contributed by atoms with van der Waals surface area (Å²) in [5.74, 6) is 0.760. The van der Waals surface area contributed by atoms with Crippen molar-refractivity contribution in [2.75, 3.05) is 6.54 Å². The molecule has 0 aliphatic carbocycles. The van der Waals surface area contributed by atoms with Crippen LogP contribution < -0.4 is 5.32 Å². The van der Waals surface area contributed by atoms with Crippen LogP contribution in [0.1, 0.15) is 85.0 Å². The number of nitrogens with one attached hydrogen (secondary N) is 1. The van der Waals surface area contributed by atoms with E-state index in [1.165, 1.54) is 12.8 Å². The fourth-order valence-corrected chi connectivity index (χ4v) is 2.07. The smallest absolute Gasteiger partial charge is 0.219 e. The minimum absolute atomic E-state index is 0.182. The molecule has 20 heavy (non-hydrogen) atoms. The molecule has 0 spiro atoms. The van der Waals surface area contributed by atoms with Gasteiger partial charge in [-0.1, -0.05) is 52.9 Å². The molecule has 0 aromatic rings. The van der Waals surface area contributed by atoms with Crippen molar-refractivity contribution in [2.24, 2.45) is 5.92 Å². The third-order valence-corrected chi connectivity index (χ3v) is 3.57. The second-order valence-corrected chi connectivity index (χ2v) is 5.95. The van der Waals surface area contributed by atoms with Crippen LogP contribution in [0.25, 0.3) is 0 Å². The number of carbonyl (C=O) groups is 2. The Labute approximate surface area is 124 Å². The van der Waals surface area contributed by atoms with Crippen molar-refractivity contribution in [3.05, 3.63) is 0 Å². The minimum atomic E-state index is 0.182. The Balaban J connectivity index is 3.24. The fraction of sp³-hybridized carbons (Fsp3) is 0.882. The van der Waals surface area contributed by atoms with E-state index in [9.17, 15) is 9.59 Å². The predicted molar refractivity (Wildman–Crippen MR) is 84.7 cm³/mol. The Kier molecular flexibility index (Phi) is 12.6. The molecule has 0 radical (unpaired) electrons. The molecule has 1 N–H and O–H groups in total.